The maximum Gasteiger partial charge on any atom is 0.150 e. The van der Waals surface area contributed by atoms with Crippen molar-refractivity contribution in [3.05, 3.63) is 34.4 Å². The standard InChI is InChI=1S/C13H18O/c1-5-9(2)13-11(4)7-6-10(3)12(13)8-14/h6-9H,5H2,1-4H3. The minimum absolute atomic E-state index is 0.468. The van der Waals surface area contributed by atoms with E-state index in [0.29, 0.717) is 5.92 Å². The van der Waals surface area contributed by atoms with E-state index in [1.165, 1.54) is 11.1 Å². The van der Waals surface area contributed by atoms with Crippen LogP contribution in [0.25, 0.3) is 0 Å². The van der Waals surface area contributed by atoms with Crippen LogP contribution >= 0.6 is 0 Å². The molecule has 0 bridgehead atoms. The molecule has 0 N–H and O–H groups in total. The maximum absolute atomic E-state index is 11.0. The number of benzene rings is 1. The van der Waals surface area contributed by atoms with Crippen LogP contribution in [0.2, 0.25) is 0 Å². The van der Waals surface area contributed by atoms with Gasteiger partial charge in [-0.05, 0) is 42.9 Å². The summed E-state index contributed by atoms with van der Waals surface area (Å²) in [6.45, 7) is 8.40. The third-order valence-electron chi connectivity index (χ3n) is 2.95. The SMILES string of the molecule is CCC(C)c1c(C)ccc(C)c1C=O. The number of carbonyl (C=O) groups excluding carboxylic acids is 1. The van der Waals surface area contributed by atoms with Gasteiger partial charge in [0.25, 0.3) is 0 Å². The van der Waals surface area contributed by atoms with E-state index in [1.54, 1.807) is 0 Å². The van der Waals surface area contributed by atoms with Gasteiger partial charge in [0.1, 0.15) is 0 Å². The van der Waals surface area contributed by atoms with Crippen LogP contribution in [0.15, 0.2) is 12.1 Å². The molecule has 1 aromatic carbocycles. The van der Waals surface area contributed by atoms with Crippen LogP contribution in [0.1, 0.15) is 53.2 Å². The molecule has 0 spiro atoms. The average Bonchev–Trinajstić information content (AvgIpc) is 2.19. The highest BCUT2D eigenvalue weighted by molar-refractivity contribution is 5.80. The van der Waals surface area contributed by atoms with Gasteiger partial charge in [-0.1, -0.05) is 26.0 Å². The van der Waals surface area contributed by atoms with Gasteiger partial charge < -0.3 is 0 Å². The number of aryl methyl sites for hydroxylation is 2. The number of hydrogen-bond acceptors (Lipinski definition) is 1. The van der Waals surface area contributed by atoms with Crippen molar-refractivity contribution in [2.24, 2.45) is 0 Å². The molecular weight excluding hydrogens is 172 g/mol. The minimum Gasteiger partial charge on any atom is -0.298 e. The van der Waals surface area contributed by atoms with Crippen LogP contribution < -0.4 is 0 Å². The number of aldehydes is 1. The molecule has 14 heavy (non-hydrogen) atoms. The van der Waals surface area contributed by atoms with Gasteiger partial charge in [0.2, 0.25) is 0 Å². The van der Waals surface area contributed by atoms with Gasteiger partial charge in [-0.25, -0.2) is 0 Å². The first-order valence-corrected chi connectivity index (χ1v) is 5.17. The smallest absolute Gasteiger partial charge is 0.150 e. The molecule has 0 radical (unpaired) electrons. The van der Waals surface area contributed by atoms with E-state index in [9.17, 15) is 4.79 Å². The molecular formula is C13H18O. The lowest BCUT2D eigenvalue weighted by Gasteiger charge is -2.16. The van der Waals surface area contributed by atoms with E-state index in [1.807, 2.05) is 13.0 Å². The molecule has 1 atom stereocenters. The highest BCUT2D eigenvalue weighted by atomic mass is 16.1. The Hall–Kier alpha value is -1.11. The lowest BCUT2D eigenvalue weighted by atomic mass is 9.88. The molecule has 1 unspecified atom stereocenters. The van der Waals surface area contributed by atoms with Crippen molar-refractivity contribution in [1.29, 1.82) is 0 Å². The summed E-state index contributed by atoms with van der Waals surface area (Å²) in [5.74, 6) is 0.468. The molecule has 1 aromatic rings. The van der Waals surface area contributed by atoms with Gasteiger partial charge in [0, 0.05) is 5.56 Å². The predicted molar refractivity (Wildman–Crippen MR) is 60.0 cm³/mol. The van der Waals surface area contributed by atoms with Crippen molar-refractivity contribution < 1.29 is 4.79 Å². The van der Waals surface area contributed by atoms with Crippen molar-refractivity contribution in [1.82, 2.24) is 0 Å². The van der Waals surface area contributed by atoms with Crippen LogP contribution in [-0.2, 0) is 0 Å². The second-order valence-corrected chi connectivity index (χ2v) is 3.95. The highest BCUT2D eigenvalue weighted by Crippen LogP contribution is 2.27. The second-order valence-electron chi connectivity index (χ2n) is 3.95. The van der Waals surface area contributed by atoms with Gasteiger partial charge in [-0.15, -0.1) is 0 Å². The number of rotatable bonds is 3. The summed E-state index contributed by atoms with van der Waals surface area (Å²) in [6.07, 6.45) is 2.06. The fraction of sp³-hybridized carbons (Fsp3) is 0.462. The molecule has 1 rings (SSSR count). The summed E-state index contributed by atoms with van der Waals surface area (Å²) < 4.78 is 0. The normalized spacial score (nSPS) is 12.6. The molecule has 0 saturated carbocycles. The highest BCUT2D eigenvalue weighted by Gasteiger charge is 2.13. The first-order valence-electron chi connectivity index (χ1n) is 5.17. The van der Waals surface area contributed by atoms with Gasteiger partial charge in [0.05, 0.1) is 0 Å². The predicted octanol–water partition coefficient (Wildman–Crippen LogP) is 3.63. The molecule has 0 saturated heterocycles. The van der Waals surface area contributed by atoms with Crippen LogP contribution in [0.5, 0.6) is 0 Å². The first-order chi connectivity index (χ1) is 6.61. The van der Waals surface area contributed by atoms with Gasteiger partial charge in [-0.3, -0.25) is 4.79 Å². The Morgan fingerprint density at radius 3 is 2.36 bits per heavy atom. The lowest BCUT2D eigenvalue weighted by Crippen LogP contribution is -2.03. The Labute approximate surface area is 86.1 Å². The van der Waals surface area contributed by atoms with Crippen molar-refractivity contribution in [3.8, 4) is 0 Å². The van der Waals surface area contributed by atoms with Crippen molar-refractivity contribution in [2.45, 2.75) is 40.0 Å². The second kappa shape index (κ2) is 4.41. The van der Waals surface area contributed by atoms with Gasteiger partial charge in [-0.2, -0.15) is 0 Å². The molecule has 0 heterocycles. The third-order valence-corrected chi connectivity index (χ3v) is 2.95. The monoisotopic (exact) mass is 190 g/mol. The Kier molecular flexibility index (Phi) is 3.45. The molecule has 76 valence electrons. The average molecular weight is 190 g/mol. The molecule has 0 amide bonds. The van der Waals surface area contributed by atoms with E-state index < -0.39 is 0 Å². The van der Waals surface area contributed by atoms with Crippen LogP contribution in [0, 0.1) is 13.8 Å². The zero-order chi connectivity index (χ0) is 10.7. The minimum atomic E-state index is 0.468. The Balaban J connectivity index is 3.36. The maximum atomic E-state index is 11.0. The summed E-state index contributed by atoms with van der Waals surface area (Å²) in [7, 11) is 0. The summed E-state index contributed by atoms with van der Waals surface area (Å²) in [4.78, 5) is 11.0. The Morgan fingerprint density at radius 2 is 1.86 bits per heavy atom. The van der Waals surface area contributed by atoms with Crippen molar-refractivity contribution in [3.63, 3.8) is 0 Å². The quantitative estimate of drug-likeness (QED) is 0.665. The fourth-order valence-electron chi connectivity index (χ4n) is 1.87. The fourth-order valence-corrected chi connectivity index (χ4v) is 1.87. The van der Waals surface area contributed by atoms with E-state index in [0.717, 1.165) is 23.8 Å². The van der Waals surface area contributed by atoms with E-state index in [2.05, 4.69) is 26.8 Å². The summed E-state index contributed by atoms with van der Waals surface area (Å²) in [5, 5.41) is 0. The molecule has 0 fully saturated rings. The molecule has 0 aliphatic heterocycles. The number of hydrogen-bond donors (Lipinski definition) is 0. The third kappa shape index (κ3) is 1.87. The number of carbonyl (C=O) groups is 1. The molecule has 0 aromatic heterocycles. The van der Waals surface area contributed by atoms with Crippen LogP contribution in [-0.4, -0.2) is 6.29 Å². The van der Waals surface area contributed by atoms with Gasteiger partial charge in [0.15, 0.2) is 6.29 Å². The Bertz CT molecular complexity index is 339. The van der Waals surface area contributed by atoms with Crippen molar-refractivity contribution in [2.75, 3.05) is 0 Å². The topological polar surface area (TPSA) is 17.1 Å². The molecule has 0 aliphatic rings. The zero-order valence-electron chi connectivity index (χ0n) is 9.42. The van der Waals surface area contributed by atoms with Crippen molar-refractivity contribution >= 4 is 6.29 Å². The molecule has 1 heteroatoms. The van der Waals surface area contributed by atoms with E-state index in [4.69, 9.17) is 0 Å². The summed E-state index contributed by atoms with van der Waals surface area (Å²) >= 11 is 0. The lowest BCUT2D eigenvalue weighted by molar-refractivity contribution is 0.112. The molecule has 1 nitrogen and oxygen atoms in total. The largest absolute Gasteiger partial charge is 0.298 e. The molecule has 0 aliphatic carbocycles. The van der Waals surface area contributed by atoms with Crippen LogP contribution in [0.4, 0.5) is 0 Å². The first kappa shape index (κ1) is 11.0. The van der Waals surface area contributed by atoms with Gasteiger partial charge >= 0.3 is 0 Å². The van der Waals surface area contributed by atoms with Crippen LogP contribution in [0.3, 0.4) is 0 Å². The summed E-state index contributed by atoms with van der Waals surface area (Å²) in [5.41, 5.74) is 4.43. The van der Waals surface area contributed by atoms with E-state index >= 15 is 0 Å². The van der Waals surface area contributed by atoms with E-state index in [-0.39, 0.29) is 0 Å². The zero-order valence-corrected chi connectivity index (χ0v) is 9.42. The summed E-state index contributed by atoms with van der Waals surface area (Å²) in [6, 6.07) is 4.12. The Morgan fingerprint density at radius 1 is 1.29 bits per heavy atom.